The van der Waals surface area contributed by atoms with Gasteiger partial charge >= 0.3 is 0 Å². The van der Waals surface area contributed by atoms with Gasteiger partial charge < -0.3 is 19.9 Å². The number of ether oxygens (including phenoxy) is 1. The molecule has 1 saturated heterocycles. The van der Waals surface area contributed by atoms with Crippen LogP contribution in [0.5, 0.6) is 0 Å². The number of nitrogens with one attached hydrogen (secondary N) is 2. The normalized spacial score (nSPS) is 15.3. The summed E-state index contributed by atoms with van der Waals surface area (Å²) in [4.78, 5) is 31.8. The van der Waals surface area contributed by atoms with E-state index in [1.807, 2.05) is 38.4 Å². The lowest BCUT2D eigenvalue weighted by Gasteiger charge is -2.26. The molecule has 1 aliphatic rings. The number of aromatic nitrogens is 2. The van der Waals surface area contributed by atoms with E-state index >= 15 is 0 Å². The summed E-state index contributed by atoms with van der Waals surface area (Å²) in [5, 5.41) is 5.69. The molecule has 8 nitrogen and oxygen atoms in total. The Morgan fingerprint density at radius 1 is 1.17 bits per heavy atom. The summed E-state index contributed by atoms with van der Waals surface area (Å²) < 4.78 is 7.58. The Labute approximate surface area is 214 Å². The Morgan fingerprint density at radius 2 is 1.92 bits per heavy atom. The number of hydrogen-bond acceptors (Lipinski definition) is 6. The van der Waals surface area contributed by atoms with E-state index in [2.05, 4.69) is 38.9 Å². The molecular formula is C28H39N5O3. The van der Waals surface area contributed by atoms with Crippen LogP contribution < -0.4 is 10.6 Å². The SMILES string of the molecule is CN/C(=C\c1cccc(C)c1C)C(=O)N/C(C=O)=C\c1ncn(CCCN2CCOCC2)c1C(C)C. The fraction of sp³-hybridized carbons (Fsp3) is 0.464. The lowest BCUT2D eigenvalue weighted by atomic mass is 10.0. The zero-order valence-corrected chi connectivity index (χ0v) is 22.1. The highest BCUT2D eigenvalue weighted by molar-refractivity contribution is 6.01. The zero-order valence-electron chi connectivity index (χ0n) is 22.1. The van der Waals surface area contributed by atoms with Crippen LogP contribution in [-0.4, -0.2) is 66.5 Å². The van der Waals surface area contributed by atoms with E-state index in [1.54, 1.807) is 19.2 Å². The first-order valence-electron chi connectivity index (χ1n) is 12.6. The highest BCUT2D eigenvalue weighted by Crippen LogP contribution is 2.21. The summed E-state index contributed by atoms with van der Waals surface area (Å²) in [5.74, 6) is -0.171. The fourth-order valence-electron chi connectivity index (χ4n) is 4.40. The van der Waals surface area contributed by atoms with Gasteiger partial charge in [0, 0.05) is 38.9 Å². The molecule has 36 heavy (non-hydrogen) atoms. The van der Waals surface area contributed by atoms with Crippen molar-refractivity contribution < 1.29 is 14.3 Å². The molecule has 2 heterocycles. The minimum Gasteiger partial charge on any atom is -0.384 e. The van der Waals surface area contributed by atoms with Crippen LogP contribution in [0, 0.1) is 13.8 Å². The average Bonchev–Trinajstić information content (AvgIpc) is 3.27. The first-order chi connectivity index (χ1) is 17.3. The third-order valence-corrected chi connectivity index (χ3v) is 6.57. The lowest BCUT2D eigenvalue weighted by molar-refractivity contribution is -0.118. The summed E-state index contributed by atoms with van der Waals surface area (Å²) in [5.41, 5.74) is 5.48. The van der Waals surface area contributed by atoms with Gasteiger partial charge in [0.15, 0.2) is 6.29 Å². The molecule has 1 aliphatic heterocycles. The first kappa shape index (κ1) is 27.4. The van der Waals surface area contributed by atoms with Crippen LogP contribution in [0.4, 0.5) is 0 Å². The standard InChI is InChI=1S/C28H39N5O3/c1-20(2)27-25(30-19-33(27)11-7-10-32-12-14-36-15-13-32)17-24(18-34)31-28(35)26(29-5)16-23-9-6-8-21(3)22(23)4/h6,8-9,16-20,29H,7,10-15H2,1-5H3,(H,31,35)/b24-17-,26-16-. The molecule has 3 rings (SSSR count). The molecule has 1 fully saturated rings. The van der Waals surface area contributed by atoms with E-state index in [0.717, 1.165) is 68.2 Å². The lowest BCUT2D eigenvalue weighted by Crippen LogP contribution is -2.37. The molecule has 8 heteroatoms. The van der Waals surface area contributed by atoms with Crippen LogP contribution in [0.15, 0.2) is 35.9 Å². The van der Waals surface area contributed by atoms with E-state index in [0.29, 0.717) is 17.7 Å². The predicted octanol–water partition coefficient (Wildman–Crippen LogP) is 3.26. The van der Waals surface area contributed by atoms with Gasteiger partial charge in [0.2, 0.25) is 0 Å². The molecule has 0 unspecified atom stereocenters. The van der Waals surface area contributed by atoms with Gasteiger partial charge in [-0.25, -0.2) is 4.98 Å². The van der Waals surface area contributed by atoms with E-state index in [4.69, 9.17) is 4.74 Å². The number of aldehydes is 1. The van der Waals surface area contributed by atoms with Crippen molar-refractivity contribution in [3.8, 4) is 0 Å². The second-order valence-electron chi connectivity index (χ2n) is 9.44. The van der Waals surface area contributed by atoms with E-state index in [-0.39, 0.29) is 17.5 Å². The second-order valence-corrected chi connectivity index (χ2v) is 9.44. The number of allylic oxidation sites excluding steroid dienone is 1. The largest absolute Gasteiger partial charge is 0.384 e. The number of amides is 1. The number of carbonyl (C=O) groups excluding carboxylic acids is 2. The summed E-state index contributed by atoms with van der Waals surface area (Å²) in [6.07, 6.45) is 6.94. The maximum atomic E-state index is 13.0. The third kappa shape index (κ3) is 7.15. The molecule has 2 N–H and O–H groups in total. The van der Waals surface area contributed by atoms with Crippen molar-refractivity contribution in [2.75, 3.05) is 39.9 Å². The highest BCUT2D eigenvalue weighted by atomic mass is 16.5. The van der Waals surface area contributed by atoms with Gasteiger partial charge in [-0.1, -0.05) is 32.0 Å². The van der Waals surface area contributed by atoms with Crippen LogP contribution in [0.2, 0.25) is 0 Å². The van der Waals surface area contributed by atoms with Crippen molar-refractivity contribution in [2.24, 2.45) is 0 Å². The average molecular weight is 494 g/mol. The fourth-order valence-corrected chi connectivity index (χ4v) is 4.40. The predicted molar refractivity (Wildman–Crippen MR) is 143 cm³/mol. The second kappa shape index (κ2) is 13.2. The molecule has 0 saturated carbocycles. The molecule has 0 bridgehead atoms. The molecule has 0 spiro atoms. The number of likely N-dealkylation sites (N-methyl/N-ethyl adjacent to an activating group) is 1. The van der Waals surface area contributed by atoms with E-state index in [9.17, 15) is 9.59 Å². The molecule has 0 atom stereocenters. The van der Waals surface area contributed by atoms with Crippen molar-refractivity contribution in [2.45, 2.75) is 46.6 Å². The number of aryl methyl sites for hydroxylation is 2. The minimum absolute atomic E-state index is 0.169. The van der Waals surface area contributed by atoms with Crippen LogP contribution in [-0.2, 0) is 20.9 Å². The van der Waals surface area contributed by atoms with E-state index < -0.39 is 0 Å². The highest BCUT2D eigenvalue weighted by Gasteiger charge is 2.17. The zero-order chi connectivity index (χ0) is 26.1. The molecule has 0 aliphatic carbocycles. The smallest absolute Gasteiger partial charge is 0.271 e. The number of nitrogens with zero attached hydrogens (tertiary/aromatic N) is 3. The van der Waals surface area contributed by atoms with Crippen molar-refractivity contribution in [3.63, 3.8) is 0 Å². The summed E-state index contributed by atoms with van der Waals surface area (Å²) in [6, 6.07) is 5.96. The van der Waals surface area contributed by atoms with Crippen molar-refractivity contribution in [3.05, 3.63) is 64.0 Å². The van der Waals surface area contributed by atoms with Gasteiger partial charge in [0.25, 0.3) is 5.91 Å². The molecule has 1 amide bonds. The van der Waals surface area contributed by atoms with Crippen molar-refractivity contribution in [1.82, 2.24) is 25.1 Å². The molecule has 2 aromatic rings. The number of hydrogen-bond donors (Lipinski definition) is 2. The third-order valence-electron chi connectivity index (χ3n) is 6.57. The van der Waals surface area contributed by atoms with Crippen molar-refractivity contribution >= 4 is 24.3 Å². The maximum absolute atomic E-state index is 13.0. The van der Waals surface area contributed by atoms with Crippen LogP contribution in [0.25, 0.3) is 12.2 Å². The van der Waals surface area contributed by atoms with Crippen LogP contribution >= 0.6 is 0 Å². The van der Waals surface area contributed by atoms with Gasteiger partial charge in [0.05, 0.1) is 30.9 Å². The van der Waals surface area contributed by atoms with Gasteiger partial charge in [-0.05, 0) is 55.0 Å². The molecule has 194 valence electrons. The monoisotopic (exact) mass is 493 g/mol. The number of rotatable bonds is 11. The minimum atomic E-state index is -0.382. The van der Waals surface area contributed by atoms with Gasteiger partial charge in [0.1, 0.15) is 5.70 Å². The number of carbonyl (C=O) groups is 2. The van der Waals surface area contributed by atoms with Crippen LogP contribution in [0.1, 0.15) is 54.3 Å². The Bertz CT molecular complexity index is 1110. The van der Waals surface area contributed by atoms with Gasteiger partial charge in [-0.2, -0.15) is 0 Å². The Morgan fingerprint density at radius 3 is 2.58 bits per heavy atom. The molecule has 1 aromatic heterocycles. The number of benzene rings is 1. The summed E-state index contributed by atoms with van der Waals surface area (Å²) >= 11 is 0. The topological polar surface area (TPSA) is 88.5 Å². The summed E-state index contributed by atoms with van der Waals surface area (Å²) in [7, 11) is 1.69. The quantitative estimate of drug-likeness (QED) is 0.369. The van der Waals surface area contributed by atoms with Gasteiger partial charge in [-0.15, -0.1) is 0 Å². The van der Waals surface area contributed by atoms with Gasteiger partial charge in [-0.3, -0.25) is 14.5 Å². The summed E-state index contributed by atoms with van der Waals surface area (Å²) in [6.45, 7) is 13.7. The number of imidazole rings is 1. The van der Waals surface area contributed by atoms with E-state index in [1.165, 1.54) is 0 Å². The number of morpholine rings is 1. The molecule has 1 aromatic carbocycles. The molecular weight excluding hydrogens is 454 g/mol. The first-order valence-corrected chi connectivity index (χ1v) is 12.6. The van der Waals surface area contributed by atoms with Crippen LogP contribution in [0.3, 0.4) is 0 Å². The Balaban J connectivity index is 1.74. The van der Waals surface area contributed by atoms with Crippen molar-refractivity contribution in [1.29, 1.82) is 0 Å². The Kier molecular flexibility index (Phi) is 10.0. The molecule has 0 radical (unpaired) electrons. The maximum Gasteiger partial charge on any atom is 0.271 e. The Hall–Kier alpha value is -3.23.